The topological polar surface area (TPSA) is 67.6 Å². The first-order chi connectivity index (χ1) is 14.3. The second-order valence-electron chi connectivity index (χ2n) is 7.58. The molecule has 7 heteroatoms. The predicted octanol–water partition coefficient (Wildman–Crippen LogP) is 4.74. The van der Waals surface area contributed by atoms with Crippen molar-refractivity contribution < 1.29 is 17.6 Å². The lowest BCUT2D eigenvalue weighted by Gasteiger charge is -2.28. The van der Waals surface area contributed by atoms with Crippen molar-refractivity contribution in [2.45, 2.75) is 25.9 Å². The Hall–Kier alpha value is -2.57. The zero-order valence-electron chi connectivity index (χ0n) is 16.5. The zero-order valence-corrected chi connectivity index (χ0v) is 18.1. The van der Waals surface area contributed by atoms with Crippen molar-refractivity contribution in [3.63, 3.8) is 0 Å². The fourth-order valence-electron chi connectivity index (χ4n) is 3.78. The quantitative estimate of drug-likeness (QED) is 0.571. The fraction of sp³-hybridized carbons (Fsp3) is 0.261. The number of nitrogens with zero attached hydrogens (tertiary/aromatic N) is 1. The van der Waals surface area contributed by atoms with Gasteiger partial charge in [-0.3, -0.25) is 4.79 Å². The van der Waals surface area contributed by atoms with Crippen molar-refractivity contribution in [2.75, 3.05) is 11.5 Å². The predicted molar refractivity (Wildman–Crippen MR) is 117 cm³/mol. The number of amides is 1. The van der Waals surface area contributed by atoms with Crippen LogP contribution in [-0.4, -0.2) is 36.8 Å². The smallest absolute Gasteiger partial charge is 0.254 e. The lowest BCUT2D eigenvalue weighted by molar-refractivity contribution is 0.0666. The Morgan fingerprint density at radius 1 is 1.13 bits per heavy atom. The van der Waals surface area contributed by atoms with Gasteiger partial charge in [-0.2, -0.15) is 0 Å². The Kier molecular flexibility index (Phi) is 5.71. The highest BCUT2D eigenvalue weighted by Crippen LogP contribution is 2.28. The van der Waals surface area contributed by atoms with Gasteiger partial charge < -0.3 is 9.32 Å². The first kappa shape index (κ1) is 20.7. The second-order valence-corrected chi connectivity index (χ2v) is 10.2. The van der Waals surface area contributed by atoms with Gasteiger partial charge in [0.1, 0.15) is 11.5 Å². The summed E-state index contributed by atoms with van der Waals surface area (Å²) in [5, 5.41) is 0.609. The van der Waals surface area contributed by atoms with Gasteiger partial charge in [-0.25, -0.2) is 8.42 Å². The Balaban J connectivity index is 1.64. The average molecular weight is 444 g/mol. The lowest BCUT2D eigenvalue weighted by Crippen LogP contribution is -2.40. The van der Waals surface area contributed by atoms with Gasteiger partial charge in [-0.05, 0) is 49.2 Å². The van der Waals surface area contributed by atoms with Crippen LogP contribution in [0.5, 0.6) is 0 Å². The zero-order chi connectivity index (χ0) is 21.3. The molecule has 4 rings (SSSR count). The van der Waals surface area contributed by atoms with Crippen LogP contribution < -0.4 is 0 Å². The Labute approximate surface area is 181 Å². The van der Waals surface area contributed by atoms with Gasteiger partial charge in [0.25, 0.3) is 5.91 Å². The third-order valence-electron chi connectivity index (χ3n) is 5.38. The molecule has 5 nitrogen and oxygen atoms in total. The summed E-state index contributed by atoms with van der Waals surface area (Å²) in [7, 11) is -3.14. The molecular weight excluding hydrogens is 422 g/mol. The molecule has 0 unspecified atom stereocenters. The monoisotopic (exact) mass is 443 g/mol. The molecule has 3 aromatic rings. The largest absolute Gasteiger partial charge is 0.459 e. The molecule has 0 aliphatic carbocycles. The molecule has 1 saturated heterocycles. The van der Waals surface area contributed by atoms with E-state index in [1.165, 1.54) is 0 Å². The molecular formula is C23H22ClNO4S. The Bertz CT molecular complexity index is 1190. The number of hydrogen-bond donors (Lipinski definition) is 0. The van der Waals surface area contributed by atoms with Gasteiger partial charge in [0.05, 0.1) is 18.1 Å². The third-order valence-corrected chi connectivity index (χ3v) is 7.37. The molecule has 1 aliphatic rings. The number of rotatable bonds is 5. The number of carbonyl (C=O) groups excluding carboxylic acids is 1. The number of hydrogen-bond acceptors (Lipinski definition) is 4. The van der Waals surface area contributed by atoms with Crippen LogP contribution in [-0.2, 0) is 16.4 Å². The number of furan rings is 1. The number of carbonyl (C=O) groups is 1. The van der Waals surface area contributed by atoms with Gasteiger partial charge in [-0.15, -0.1) is 0 Å². The maximum atomic E-state index is 13.4. The van der Waals surface area contributed by atoms with Crippen molar-refractivity contribution in [1.29, 1.82) is 0 Å². The highest BCUT2D eigenvalue weighted by Gasteiger charge is 2.35. The van der Waals surface area contributed by atoms with Crippen LogP contribution in [0.1, 0.15) is 28.1 Å². The van der Waals surface area contributed by atoms with Crippen molar-refractivity contribution >= 4 is 27.3 Å². The van der Waals surface area contributed by atoms with E-state index >= 15 is 0 Å². The summed E-state index contributed by atoms with van der Waals surface area (Å²) in [4.78, 5) is 15.0. The van der Waals surface area contributed by atoms with Crippen LogP contribution in [0.4, 0.5) is 0 Å². The molecule has 1 aliphatic heterocycles. The normalized spacial score (nSPS) is 17.7. The van der Waals surface area contributed by atoms with Crippen LogP contribution in [0, 0.1) is 6.92 Å². The molecule has 2 heterocycles. The number of aryl methyl sites for hydroxylation is 1. The molecule has 1 atom stereocenters. The third kappa shape index (κ3) is 4.45. The number of sulfone groups is 1. The van der Waals surface area contributed by atoms with E-state index in [-0.39, 0.29) is 30.0 Å². The van der Waals surface area contributed by atoms with E-state index in [0.717, 1.165) is 11.1 Å². The fourth-order valence-corrected chi connectivity index (χ4v) is 5.70. The molecule has 0 saturated carbocycles. The first-order valence-corrected chi connectivity index (χ1v) is 11.9. The summed E-state index contributed by atoms with van der Waals surface area (Å²) in [5.41, 5.74) is 2.27. The molecule has 1 fully saturated rings. The van der Waals surface area contributed by atoms with Crippen LogP contribution in [0.25, 0.3) is 11.3 Å². The molecule has 2 aromatic carbocycles. The average Bonchev–Trinajstić information content (AvgIpc) is 3.32. The van der Waals surface area contributed by atoms with E-state index in [1.807, 2.05) is 55.5 Å². The summed E-state index contributed by atoms with van der Waals surface area (Å²) in [6.45, 7) is 2.08. The minimum Gasteiger partial charge on any atom is -0.459 e. The molecule has 0 bridgehead atoms. The van der Waals surface area contributed by atoms with Gasteiger partial charge in [0, 0.05) is 22.2 Å². The van der Waals surface area contributed by atoms with Gasteiger partial charge >= 0.3 is 0 Å². The minimum atomic E-state index is -3.14. The van der Waals surface area contributed by atoms with E-state index in [4.69, 9.17) is 16.0 Å². The van der Waals surface area contributed by atoms with E-state index in [1.54, 1.807) is 17.0 Å². The van der Waals surface area contributed by atoms with Crippen LogP contribution in [0.2, 0.25) is 5.02 Å². The van der Waals surface area contributed by atoms with Gasteiger partial charge in [0.2, 0.25) is 0 Å². The van der Waals surface area contributed by atoms with Crippen LogP contribution in [0.15, 0.2) is 65.1 Å². The van der Waals surface area contributed by atoms with Crippen LogP contribution in [0.3, 0.4) is 0 Å². The number of benzene rings is 2. The molecule has 1 aromatic heterocycles. The van der Waals surface area contributed by atoms with Gasteiger partial charge in [-0.1, -0.05) is 41.9 Å². The lowest BCUT2D eigenvalue weighted by atomic mass is 10.1. The highest BCUT2D eigenvalue weighted by atomic mass is 35.5. The summed E-state index contributed by atoms with van der Waals surface area (Å²) < 4.78 is 30.1. The van der Waals surface area contributed by atoms with Crippen molar-refractivity contribution in [2.24, 2.45) is 0 Å². The molecule has 156 valence electrons. The van der Waals surface area contributed by atoms with Crippen molar-refractivity contribution in [3.8, 4) is 11.3 Å². The Morgan fingerprint density at radius 2 is 1.93 bits per heavy atom. The summed E-state index contributed by atoms with van der Waals surface area (Å²) in [6, 6.07) is 18.0. The molecule has 1 amide bonds. The maximum Gasteiger partial charge on any atom is 0.254 e. The first-order valence-electron chi connectivity index (χ1n) is 9.74. The van der Waals surface area contributed by atoms with Gasteiger partial charge in [0.15, 0.2) is 9.84 Å². The second kappa shape index (κ2) is 8.28. The van der Waals surface area contributed by atoms with E-state index in [0.29, 0.717) is 28.5 Å². The summed E-state index contributed by atoms with van der Waals surface area (Å²) in [5.74, 6) is 1.13. The van der Waals surface area contributed by atoms with Crippen molar-refractivity contribution in [3.05, 3.63) is 82.6 Å². The maximum absolute atomic E-state index is 13.4. The van der Waals surface area contributed by atoms with Crippen molar-refractivity contribution in [1.82, 2.24) is 4.90 Å². The van der Waals surface area contributed by atoms with E-state index in [2.05, 4.69) is 0 Å². The molecule has 0 N–H and O–H groups in total. The van der Waals surface area contributed by atoms with E-state index in [9.17, 15) is 13.2 Å². The molecule has 0 radical (unpaired) electrons. The highest BCUT2D eigenvalue weighted by molar-refractivity contribution is 7.91. The SMILES string of the molecule is Cc1ccccc1C(=O)N(Cc1ccc(-c2cccc(Cl)c2)o1)[C@H]1CCS(=O)(=O)C1. The molecule has 30 heavy (non-hydrogen) atoms. The molecule has 0 spiro atoms. The standard InChI is InChI=1S/C23H22ClNO4S/c1-16-5-2-3-8-21(16)23(26)25(19-11-12-30(27,28)15-19)14-20-9-10-22(29-20)17-6-4-7-18(24)13-17/h2-10,13,19H,11-12,14-15H2,1H3/t19-/m0/s1. The van der Waals surface area contributed by atoms with Crippen LogP contribution >= 0.6 is 11.6 Å². The summed E-state index contributed by atoms with van der Waals surface area (Å²) >= 11 is 6.07. The summed E-state index contributed by atoms with van der Waals surface area (Å²) in [6.07, 6.45) is 0.432. The minimum absolute atomic E-state index is 0.0213. The Morgan fingerprint density at radius 3 is 2.63 bits per heavy atom. The van der Waals surface area contributed by atoms with E-state index < -0.39 is 9.84 Å². The number of halogens is 1.